The average molecular weight is 301 g/mol. The first-order valence-electron chi connectivity index (χ1n) is 5.46. The Morgan fingerprint density at radius 3 is 2.80 bits per heavy atom. The summed E-state index contributed by atoms with van der Waals surface area (Å²) in [4.78, 5) is 33.6. The Balaban J connectivity index is 2.62. The molecular weight excluding hydrogens is 288 g/mol. The number of rotatable bonds is 5. The summed E-state index contributed by atoms with van der Waals surface area (Å²) in [6.45, 7) is 1.44. The van der Waals surface area contributed by atoms with Crippen LogP contribution in [0.15, 0.2) is 18.5 Å². The van der Waals surface area contributed by atoms with Gasteiger partial charge in [-0.15, -0.1) is 0 Å². The van der Waals surface area contributed by atoms with Gasteiger partial charge in [0.15, 0.2) is 11.6 Å². The van der Waals surface area contributed by atoms with E-state index < -0.39 is 11.9 Å². The van der Waals surface area contributed by atoms with Crippen molar-refractivity contribution in [3.05, 3.63) is 23.6 Å². The van der Waals surface area contributed by atoms with Crippen molar-refractivity contribution in [2.45, 2.75) is 13.5 Å². The lowest BCUT2D eigenvalue weighted by molar-refractivity contribution is -0.118. The fraction of sp³-hybridized carbons (Fsp3) is 0.273. The van der Waals surface area contributed by atoms with Gasteiger partial charge in [0.25, 0.3) is 5.91 Å². The first-order valence-corrected chi connectivity index (χ1v) is 5.84. The quantitative estimate of drug-likeness (QED) is 0.622. The van der Waals surface area contributed by atoms with Crippen LogP contribution in [0, 0.1) is 0 Å². The maximum atomic E-state index is 11.5. The molecule has 8 nitrogen and oxygen atoms in total. The highest BCUT2D eigenvalue weighted by atomic mass is 35.5. The molecule has 0 saturated heterocycles. The van der Waals surface area contributed by atoms with Crippen LogP contribution in [0.5, 0.6) is 0 Å². The number of halogens is 1. The molecule has 0 aliphatic carbocycles. The average Bonchev–Trinajstić information content (AvgIpc) is 2.65. The van der Waals surface area contributed by atoms with Gasteiger partial charge in [-0.1, -0.05) is 11.6 Å². The number of methoxy groups -OCH3 is 1. The van der Waals surface area contributed by atoms with Gasteiger partial charge in [0.1, 0.15) is 5.02 Å². The fourth-order valence-corrected chi connectivity index (χ4v) is 1.41. The molecule has 0 fully saturated rings. The number of ether oxygens (including phenoxy) is 1. The van der Waals surface area contributed by atoms with Gasteiger partial charge in [0.2, 0.25) is 0 Å². The first-order chi connectivity index (χ1) is 9.42. The third-order valence-electron chi connectivity index (χ3n) is 1.93. The van der Waals surface area contributed by atoms with Crippen molar-refractivity contribution in [3.8, 4) is 0 Å². The minimum atomic E-state index is -0.800. The van der Waals surface area contributed by atoms with Crippen LogP contribution in [0.3, 0.4) is 0 Å². The van der Waals surface area contributed by atoms with Gasteiger partial charge in [-0.05, 0) is 6.92 Å². The number of anilines is 1. The Bertz CT molecular complexity index is 553. The predicted molar refractivity (Wildman–Crippen MR) is 71.2 cm³/mol. The van der Waals surface area contributed by atoms with Crippen molar-refractivity contribution in [1.82, 2.24) is 15.1 Å². The molecule has 0 unspecified atom stereocenters. The molecule has 1 rings (SSSR count). The topological polar surface area (TPSA) is 102 Å². The molecule has 0 aliphatic rings. The zero-order valence-corrected chi connectivity index (χ0v) is 11.6. The smallest absolute Gasteiger partial charge is 0.327 e. The molecule has 20 heavy (non-hydrogen) atoms. The summed E-state index contributed by atoms with van der Waals surface area (Å²) in [7, 11) is 1.37. The van der Waals surface area contributed by atoms with Crippen molar-refractivity contribution in [2.24, 2.45) is 0 Å². The number of hydrogen-bond acceptors (Lipinski definition) is 5. The number of carbonyl (C=O) groups is 3. The normalized spacial score (nSPS) is 10.3. The number of aromatic nitrogens is 2. The minimum Gasteiger partial charge on any atom is -0.504 e. The number of ketones is 1. The molecule has 3 amide bonds. The molecule has 0 saturated carbocycles. The van der Waals surface area contributed by atoms with Crippen LogP contribution in [-0.4, -0.2) is 34.6 Å². The minimum absolute atomic E-state index is 0.0402. The summed E-state index contributed by atoms with van der Waals surface area (Å²) in [5, 5.41) is 8.35. The first kappa shape index (κ1) is 15.7. The Labute approximate surface area is 119 Å². The highest BCUT2D eigenvalue weighted by Crippen LogP contribution is 2.18. The van der Waals surface area contributed by atoms with Crippen molar-refractivity contribution in [1.29, 1.82) is 0 Å². The summed E-state index contributed by atoms with van der Waals surface area (Å²) in [5.41, 5.74) is 0. The fourth-order valence-electron chi connectivity index (χ4n) is 1.21. The number of nitrogens with zero attached hydrogens (tertiary/aromatic N) is 2. The molecule has 108 valence electrons. The maximum Gasteiger partial charge on any atom is 0.327 e. The third-order valence-corrected chi connectivity index (χ3v) is 2.20. The molecule has 0 bridgehead atoms. The van der Waals surface area contributed by atoms with Crippen LogP contribution < -0.4 is 10.6 Å². The molecule has 1 aromatic heterocycles. The lowest BCUT2D eigenvalue weighted by Crippen LogP contribution is -2.33. The molecule has 2 N–H and O–H groups in total. The summed E-state index contributed by atoms with van der Waals surface area (Å²) in [5.74, 6) is -0.724. The van der Waals surface area contributed by atoms with Crippen molar-refractivity contribution >= 4 is 35.1 Å². The van der Waals surface area contributed by atoms with E-state index in [2.05, 4.69) is 15.2 Å². The standard InChI is InChI=1S/C11H13ClN4O4/c1-7(17)5-16-6-8(12)10(15-16)14-11(19)13-9(18)3-4-20-2/h3-4,6H,5H2,1-2H3,(H2,13,14,15,18,19)/b4-3+. The Morgan fingerprint density at radius 1 is 1.50 bits per heavy atom. The monoisotopic (exact) mass is 300 g/mol. The van der Waals surface area contributed by atoms with Crippen molar-refractivity contribution in [2.75, 3.05) is 12.4 Å². The van der Waals surface area contributed by atoms with E-state index in [0.717, 1.165) is 12.3 Å². The summed E-state index contributed by atoms with van der Waals surface area (Å²) in [6.07, 6.45) is 3.55. The van der Waals surface area contributed by atoms with E-state index in [1.807, 2.05) is 5.32 Å². The molecule has 0 spiro atoms. The van der Waals surface area contributed by atoms with Gasteiger partial charge in [-0.2, -0.15) is 5.10 Å². The Hall–Kier alpha value is -2.35. The molecule has 0 aliphatic heterocycles. The van der Waals surface area contributed by atoms with Crippen LogP contribution in [0.1, 0.15) is 6.92 Å². The maximum absolute atomic E-state index is 11.5. The van der Waals surface area contributed by atoms with Gasteiger partial charge in [-0.25, -0.2) is 4.79 Å². The molecule has 1 aromatic rings. The molecule has 0 atom stereocenters. The zero-order valence-electron chi connectivity index (χ0n) is 10.8. The van der Waals surface area contributed by atoms with Gasteiger partial charge >= 0.3 is 6.03 Å². The number of imide groups is 1. The summed E-state index contributed by atoms with van der Waals surface area (Å²) >= 11 is 5.84. The summed E-state index contributed by atoms with van der Waals surface area (Å²) in [6, 6.07) is -0.800. The summed E-state index contributed by atoms with van der Waals surface area (Å²) < 4.78 is 5.81. The van der Waals surface area contributed by atoms with Crippen LogP contribution in [0.4, 0.5) is 10.6 Å². The van der Waals surface area contributed by atoms with E-state index in [1.54, 1.807) is 0 Å². The van der Waals surface area contributed by atoms with E-state index in [1.165, 1.54) is 24.9 Å². The van der Waals surface area contributed by atoms with Crippen molar-refractivity contribution in [3.63, 3.8) is 0 Å². The highest BCUT2D eigenvalue weighted by Gasteiger charge is 2.12. The number of nitrogens with one attached hydrogen (secondary N) is 2. The number of carbonyl (C=O) groups excluding carboxylic acids is 3. The molecular formula is C11H13ClN4O4. The second-order valence-electron chi connectivity index (χ2n) is 3.71. The number of amides is 3. The second kappa shape index (κ2) is 7.29. The van der Waals surface area contributed by atoms with Gasteiger partial charge in [0, 0.05) is 12.3 Å². The van der Waals surface area contributed by atoms with Gasteiger partial charge in [-0.3, -0.25) is 24.9 Å². The van der Waals surface area contributed by atoms with Crippen LogP contribution in [-0.2, 0) is 20.9 Å². The molecule has 1 heterocycles. The van der Waals surface area contributed by atoms with Crippen LogP contribution >= 0.6 is 11.6 Å². The van der Waals surface area contributed by atoms with E-state index in [-0.39, 0.29) is 23.2 Å². The predicted octanol–water partition coefficient (Wildman–Crippen LogP) is 0.934. The SMILES string of the molecule is CO/C=C/C(=O)NC(=O)Nc1nn(CC(C)=O)cc1Cl. The van der Waals surface area contributed by atoms with Gasteiger partial charge < -0.3 is 4.74 Å². The van der Waals surface area contributed by atoms with Gasteiger partial charge in [0.05, 0.1) is 19.9 Å². The van der Waals surface area contributed by atoms with Crippen LogP contribution in [0.25, 0.3) is 0 Å². The molecule has 9 heteroatoms. The number of urea groups is 1. The van der Waals surface area contributed by atoms with E-state index in [9.17, 15) is 14.4 Å². The molecule has 0 radical (unpaired) electrons. The second-order valence-corrected chi connectivity index (χ2v) is 4.11. The van der Waals surface area contributed by atoms with E-state index in [4.69, 9.17) is 11.6 Å². The molecule has 0 aromatic carbocycles. The Kier molecular flexibility index (Phi) is 5.73. The highest BCUT2D eigenvalue weighted by molar-refractivity contribution is 6.33. The number of Topliss-reactive ketones (excluding diaryl/α,β-unsaturated/α-hetero) is 1. The van der Waals surface area contributed by atoms with E-state index >= 15 is 0 Å². The van der Waals surface area contributed by atoms with E-state index in [0.29, 0.717) is 0 Å². The lowest BCUT2D eigenvalue weighted by atomic mass is 10.4. The Morgan fingerprint density at radius 2 is 2.20 bits per heavy atom. The van der Waals surface area contributed by atoms with Crippen LogP contribution in [0.2, 0.25) is 5.02 Å². The van der Waals surface area contributed by atoms with Crippen molar-refractivity contribution < 1.29 is 19.1 Å². The third kappa shape index (κ3) is 5.11. The lowest BCUT2D eigenvalue weighted by Gasteiger charge is -2.02. The number of hydrogen-bond donors (Lipinski definition) is 2. The largest absolute Gasteiger partial charge is 0.504 e. The zero-order chi connectivity index (χ0) is 15.1.